The first-order valence-electron chi connectivity index (χ1n) is 0. The Balaban J connectivity index is 0. The molecule has 5 heavy (non-hydrogen) atoms. The quantitative estimate of drug-likeness (QED) is 0.327. The van der Waals surface area contributed by atoms with E-state index < -0.39 is 0 Å². The van der Waals surface area contributed by atoms with Crippen LogP contribution >= 0.6 is 0 Å². The van der Waals surface area contributed by atoms with Gasteiger partial charge in [-0.3, -0.25) is 0 Å². The van der Waals surface area contributed by atoms with E-state index in [1.165, 1.54) is 0 Å². The molecule has 0 amide bonds. The van der Waals surface area contributed by atoms with Crippen LogP contribution in [0.3, 0.4) is 0 Å². The maximum Gasteiger partial charge on any atom is 3.00 e. The Morgan fingerprint density at radius 1 is 0.600 bits per heavy atom. The van der Waals surface area contributed by atoms with Gasteiger partial charge in [0.1, 0.15) is 0 Å². The number of halogens is 3. The van der Waals surface area contributed by atoms with Gasteiger partial charge in [0, 0.05) is 0 Å². The molecule has 30 valence electrons. The molecule has 0 aliphatic carbocycles. The number of rotatable bonds is 0. The van der Waals surface area contributed by atoms with Gasteiger partial charge in [-0.2, -0.15) is 0 Å². The molecule has 0 spiro atoms. The van der Waals surface area contributed by atoms with Crippen LogP contribution in [0.5, 0.6) is 0 Å². The second kappa shape index (κ2) is 32.1. The summed E-state index contributed by atoms with van der Waals surface area (Å²) in [5.74, 6) is 0. The Hall–Kier alpha value is 2.43. The molecule has 0 aliphatic rings. The average molecular weight is 183 g/mol. The average Bonchev–Trinajstić information content (AvgIpc) is 0. The summed E-state index contributed by atoms with van der Waals surface area (Å²) in [7, 11) is 0. The van der Waals surface area contributed by atoms with Crippen LogP contribution in [0.25, 0.3) is 0 Å². The summed E-state index contributed by atoms with van der Waals surface area (Å²) < 4.78 is 0. The Bertz CT molecular complexity index is 6.85. The summed E-state index contributed by atoms with van der Waals surface area (Å²) in [6.45, 7) is 0. The van der Waals surface area contributed by atoms with Crippen LogP contribution in [0, 0.1) is 0 Å². The van der Waals surface area contributed by atoms with Crippen LogP contribution in [-0.4, -0.2) is 47.1 Å². The first kappa shape index (κ1) is 52.1. The van der Waals surface area contributed by atoms with E-state index in [1.54, 1.807) is 0 Å². The fraction of sp³-hybridized carbons (Fsp3) is 0. The third-order valence-electron chi connectivity index (χ3n) is 0. The maximum absolute atomic E-state index is 0. The van der Waals surface area contributed by atoms with E-state index in [0.29, 0.717) is 0 Å². The molecular weight excluding hydrogens is 181 g/mol. The standard InChI is InChI=1S/3ClH.Ga.Pb.2H/h3*1H;;;;/q;;;+3;;;/p-3/i;;;;1+119;;. The van der Waals surface area contributed by atoms with Crippen molar-refractivity contribution in [3.63, 3.8) is 0 Å². The molecule has 0 N–H and O–H groups in total. The van der Waals surface area contributed by atoms with Gasteiger partial charge < -0.3 is 37.2 Å². The van der Waals surface area contributed by atoms with Gasteiger partial charge in [0.2, 0.25) is 0 Å². The van der Waals surface area contributed by atoms with Crippen molar-refractivity contribution in [2.75, 3.05) is 0 Å². The van der Waals surface area contributed by atoms with Crippen molar-refractivity contribution in [2.24, 2.45) is 0 Å². The van der Waals surface area contributed by atoms with Gasteiger partial charge in [-0.05, 0) is 0 Å². The zero-order valence-corrected chi connectivity index (χ0v) is 12.6. The third-order valence-corrected chi connectivity index (χ3v) is 0. The van der Waals surface area contributed by atoms with Crippen molar-refractivity contribution < 1.29 is 37.2 Å². The molecule has 0 saturated heterocycles. The molecule has 5 heteroatoms. The van der Waals surface area contributed by atoms with Crippen molar-refractivity contribution in [1.82, 2.24) is 0 Å². The molecule has 0 fully saturated rings. The summed E-state index contributed by atoms with van der Waals surface area (Å²) in [6, 6.07) is 0. The molecule has 0 rings (SSSR count). The van der Waals surface area contributed by atoms with Crippen molar-refractivity contribution in [1.29, 1.82) is 0 Å². The second-order valence-corrected chi connectivity index (χ2v) is 0. The van der Waals surface area contributed by atoms with Crippen LogP contribution in [-0.2, 0) is 0 Å². The molecular formula is H2Cl3GaPb. The van der Waals surface area contributed by atoms with Crippen molar-refractivity contribution in [3.05, 3.63) is 0 Å². The maximum atomic E-state index is 0. The van der Waals surface area contributed by atoms with Gasteiger partial charge in [-0.25, -0.2) is 0 Å². The van der Waals surface area contributed by atoms with Gasteiger partial charge in [-0.1, -0.05) is 0 Å². The molecule has 0 nitrogen and oxygen atoms in total. The minimum absolute atomic E-state index is 0. The first-order valence-corrected chi connectivity index (χ1v) is 0. The summed E-state index contributed by atoms with van der Waals surface area (Å²) in [5.41, 5.74) is 0. The Morgan fingerprint density at radius 3 is 0.600 bits per heavy atom. The van der Waals surface area contributed by atoms with Crippen LogP contribution in [0.15, 0.2) is 0 Å². The van der Waals surface area contributed by atoms with Crippen molar-refractivity contribution in [2.45, 2.75) is 0 Å². The van der Waals surface area contributed by atoms with Gasteiger partial charge in [0.25, 0.3) is 0 Å². The fourth-order valence-electron chi connectivity index (χ4n) is 0. The van der Waals surface area contributed by atoms with Gasteiger partial charge in [0.15, 0.2) is 0 Å². The summed E-state index contributed by atoms with van der Waals surface area (Å²) in [4.78, 5) is 0. The zero-order chi connectivity index (χ0) is 0. The molecule has 0 saturated carbocycles. The van der Waals surface area contributed by atoms with Crippen LogP contribution in [0.2, 0.25) is 0 Å². The normalized spacial score (nSPS) is 0. The van der Waals surface area contributed by atoms with Crippen molar-refractivity contribution in [3.8, 4) is 0 Å². The Morgan fingerprint density at radius 2 is 0.600 bits per heavy atom. The van der Waals surface area contributed by atoms with E-state index in [4.69, 9.17) is 0 Å². The predicted octanol–water partition coefficient (Wildman–Crippen LogP) is -10.3. The minimum atomic E-state index is 0. The summed E-state index contributed by atoms with van der Waals surface area (Å²) >= 11 is 0. The van der Waals surface area contributed by atoms with E-state index >= 15 is 0 Å². The summed E-state index contributed by atoms with van der Waals surface area (Å²) in [5, 5.41) is 0. The Labute approximate surface area is 83.3 Å². The Kier molecular flexibility index (Phi) is 334. The first-order chi connectivity index (χ1) is 0. The van der Waals surface area contributed by atoms with Gasteiger partial charge >= 0.3 is 47.1 Å². The molecule has 0 atom stereocenters. The van der Waals surface area contributed by atoms with E-state index in [-0.39, 0.29) is 84.3 Å². The molecule has 2 radical (unpaired) electrons. The van der Waals surface area contributed by atoms with Crippen molar-refractivity contribution >= 4 is 47.1 Å². The molecule has 0 heterocycles. The van der Waals surface area contributed by atoms with E-state index in [2.05, 4.69) is 0 Å². The molecule has 0 aromatic carbocycles. The molecule has 0 aromatic heterocycles. The largest absolute Gasteiger partial charge is 3.00 e. The SMILES string of the molecule is [5PbH2].[Cl-].[Cl-].[Cl-].[Ga+3]. The monoisotopic (exact) mass is 181 g/mol. The zero-order valence-electron chi connectivity index (χ0n) is 2.42. The van der Waals surface area contributed by atoms with Crippen LogP contribution in [0.4, 0.5) is 0 Å². The minimum Gasteiger partial charge on any atom is -1.00 e. The van der Waals surface area contributed by atoms with Gasteiger partial charge in [-0.15, -0.1) is 0 Å². The predicted molar refractivity (Wildman–Crippen MR) is 14.3 cm³/mol. The summed E-state index contributed by atoms with van der Waals surface area (Å²) in [6.07, 6.45) is 0. The third kappa shape index (κ3) is 21.4. The van der Waals surface area contributed by atoms with Crippen LogP contribution < -0.4 is 37.2 Å². The molecule has 0 unspecified atom stereocenters. The van der Waals surface area contributed by atoms with E-state index in [0.717, 1.165) is 0 Å². The van der Waals surface area contributed by atoms with Gasteiger partial charge in [0.05, 0.1) is 0 Å². The second-order valence-electron chi connectivity index (χ2n) is 0. The smallest absolute Gasteiger partial charge is 1.00 e. The fourth-order valence-corrected chi connectivity index (χ4v) is 0. The van der Waals surface area contributed by atoms with Crippen LogP contribution in [0.1, 0.15) is 0 Å². The van der Waals surface area contributed by atoms with E-state index in [9.17, 15) is 0 Å². The number of hydrogen-bond donors (Lipinski definition) is 0. The van der Waals surface area contributed by atoms with E-state index in [1.807, 2.05) is 0 Å². The molecule has 0 aromatic rings. The topological polar surface area (TPSA) is 0 Å². The number of hydrogen-bond acceptors (Lipinski definition) is 0. The molecule has 0 bridgehead atoms. The molecule has 0 aliphatic heterocycles.